The SMILES string of the molecule is CN1C(c2ccccc2)=NC(c2ccc(-c3ccc(I)cc3)cc2)=CC1c1ccc(-c2ccccc2)cc1. The number of likely N-dealkylation sites (N-methyl/N-ethyl adjacent to an activating group) is 1. The third-order valence-electron chi connectivity index (χ3n) is 7.04. The van der Waals surface area contributed by atoms with Gasteiger partial charge in [-0.25, -0.2) is 4.99 Å². The second kappa shape index (κ2) is 10.8. The predicted molar refractivity (Wildman–Crippen MR) is 168 cm³/mol. The molecule has 1 heterocycles. The fraction of sp³-hybridized carbons (Fsp3) is 0.0571. The zero-order valence-corrected chi connectivity index (χ0v) is 23.3. The van der Waals surface area contributed by atoms with Crippen LogP contribution in [-0.4, -0.2) is 17.8 Å². The number of benzene rings is 5. The molecule has 5 aromatic carbocycles. The Morgan fingerprint density at radius 3 is 1.55 bits per heavy atom. The molecule has 3 heteroatoms. The molecule has 1 aliphatic rings. The summed E-state index contributed by atoms with van der Waals surface area (Å²) in [6, 6.07) is 47.4. The van der Waals surface area contributed by atoms with Crippen LogP contribution in [0.25, 0.3) is 28.0 Å². The second-order valence-corrected chi connectivity index (χ2v) is 10.7. The fourth-order valence-electron chi connectivity index (χ4n) is 4.94. The average Bonchev–Trinajstić information content (AvgIpc) is 2.99. The molecule has 0 aliphatic carbocycles. The van der Waals surface area contributed by atoms with Gasteiger partial charge in [-0.3, -0.25) is 0 Å². The Kier molecular flexibility index (Phi) is 6.93. The first-order valence-corrected chi connectivity index (χ1v) is 13.8. The highest BCUT2D eigenvalue weighted by atomic mass is 127. The minimum absolute atomic E-state index is 0.0680. The zero-order chi connectivity index (χ0) is 25.9. The lowest BCUT2D eigenvalue weighted by molar-refractivity contribution is 0.435. The van der Waals surface area contributed by atoms with Crippen molar-refractivity contribution >= 4 is 34.1 Å². The predicted octanol–water partition coefficient (Wildman–Crippen LogP) is 9.10. The molecule has 0 spiro atoms. The van der Waals surface area contributed by atoms with E-state index in [1.807, 2.05) is 6.07 Å². The summed E-state index contributed by atoms with van der Waals surface area (Å²) < 4.78 is 1.24. The molecular weight excluding hydrogens is 575 g/mol. The van der Waals surface area contributed by atoms with E-state index in [0.717, 1.165) is 22.7 Å². The van der Waals surface area contributed by atoms with Crippen molar-refractivity contribution in [3.63, 3.8) is 0 Å². The minimum Gasteiger partial charge on any atom is -0.349 e. The number of hydrogen-bond acceptors (Lipinski definition) is 2. The lowest BCUT2D eigenvalue weighted by Crippen LogP contribution is -2.33. The summed E-state index contributed by atoms with van der Waals surface area (Å²) in [4.78, 5) is 7.44. The molecule has 1 aliphatic heterocycles. The Bertz CT molecular complexity index is 1590. The Balaban J connectivity index is 1.37. The number of rotatable bonds is 5. The number of nitrogens with zero attached hydrogens (tertiary/aromatic N) is 2. The fourth-order valence-corrected chi connectivity index (χ4v) is 5.30. The van der Waals surface area contributed by atoms with E-state index < -0.39 is 0 Å². The Morgan fingerprint density at radius 1 is 0.526 bits per heavy atom. The summed E-state index contributed by atoms with van der Waals surface area (Å²) in [5.74, 6) is 0.974. The van der Waals surface area contributed by atoms with Crippen LogP contribution in [0.5, 0.6) is 0 Å². The van der Waals surface area contributed by atoms with Crippen LogP contribution in [0.2, 0.25) is 0 Å². The summed E-state index contributed by atoms with van der Waals surface area (Å²) in [5, 5.41) is 0. The minimum atomic E-state index is 0.0680. The van der Waals surface area contributed by atoms with Crippen molar-refractivity contribution in [2.75, 3.05) is 7.05 Å². The summed E-state index contributed by atoms with van der Waals surface area (Å²) in [7, 11) is 2.13. The molecule has 2 nitrogen and oxygen atoms in total. The van der Waals surface area contributed by atoms with Crippen molar-refractivity contribution < 1.29 is 0 Å². The van der Waals surface area contributed by atoms with Gasteiger partial charge < -0.3 is 4.90 Å². The van der Waals surface area contributed by atoms with Gasteiger partial charge in [0, 0.05) is 16.2 Å². The van der Waals surface area contributed by atoms with Gasteiger partial charge in [0.25, 0.3) is 0 Å². The molecule has 0 saturated carbocycles. The van der Waals surface area contributed by atoms with Crippen LogP contribution in [0.1, 0.15) is 22.7 Å². The van der Waals surface area contributed by atoms with Gasteiger partial charge >= 0.3 is 0 Å². The molecule has 0 aromatic heterocycles. The summed E-state index contributed by atoms with van der Waals surface area (Å²) in [6.45, 7) is 0. The molecule has 0 amide bonds. The van der Waals surface area contributed by atoms with E-state index in [-0.39, 0.29) is 6.04 Å². The first-order valence-electron chi connectivity index (χ1n) is 12.8. The first kappa shape index (κ1) is 24.4. The van der Waals surface area contributed by atoms with Crippen molar-refractivity contribution in [3.05, 3.63) is 160 Å². The Morgan fingerprint density at radius 2 is 0.974 bits per heavy atom. The number of hydrogen-bond donors (Lipinski definition) is 0. The molecule has 38 heavy (non-hydrogen) atoms. The van der Waals surface area contributed by atoms with Gasteiger partial charge in [0.1, 0.15) is 5.84 Å². The van der Waals surface area contributed by atoms with Crippen LogP contribution < -0.4 is 0 Å². The first-order chi connectivity index (χ1) is 18.7. The standard InChI is InChI=1S/C35H27IN2/c1-38-34(30-18-14-26(15-19-30)25-8-4-2-5-9-25)24-33(37-35(38)31-10-6-3-7-11-31)29-16-12-27(13-17-29)28-20-22-32(36)23-21-28/h2-24,34H,1H3. The van der Waals surface area contributed by atoms with Crippen LogP contribution in [-0.2, 0) is 0 Å². The monoisotopic (exact) mass is 602 g/mol. The van der Waals surface area contributed by atoms with Gasteiger partial charge in [0.2, 0.25) is 0 Å². The van der Waals surface area contributed by atoms with Crippen molar-refractivity contribution in [3.8, 4) is 22.3 Å². The van der Waals surface area contributed by atoms with Crippen molar-refractivity contribution in [1.29, 1.82) is 0 Å². The van der Waals surface area contributed by atoms with E-state index in [1.165, 1.54) is 31.4 Å². The highest BCUT2D eigenvalue weighted by Crippen LogP contribution is 2.34. The third kappa shape index (κ3) is 5.07. The Labute approximate surface area is 238 Å². The van der Waals surface area contributed by atoms with Gasteiger partial charge in [-0.1, -0.05) is 121 Å². The molecule has 0 fully saturated rings. The second-order valence-electron chi connectivity index (χ2n) is 9.48. The molecule has 1 atom stereocenters. The Hall–Kier alpha value is -3.96. The highest BCUT2D eigenvalue weighted by molar-refractivity contribution is 14.1. The van der Waals surface area contributed by atoms with Crippen LogP contribution in [0, 0.1) is 3.57 Å². The maximum atomic E-state index is 5.16. The quantitative estimate of drug-likeness (QED) is 0.183. The van der Waals surface area contributed by atoms with Crippen LogP contribution in [0.15, 0.2) is 145 Å². The normalized spacial score (nSPS) is 15.1. The molecule has 0 bridgehead atoms. The molecule has 0 radical (unpaired) electrons. The summed E-state index contributed by atoms with van der Waals surface area (Å²) >= 11 is 2.34. The zero-order valence-electron chi connectivity index (χ0n) is 21.1. The smallest absolute Gasteiger partial charge is 0.137 e. The van der Waals surface area contributed by atoms with Gasteiger partial charge in [-0.15, -0.1) is 0 Å². The number of halogens is 1. The molecule has 0 saturated heterocycles. The van der Waals surface area contributed by atoms with Crippen molar-refractivity contribution in [2.24, 2.45) is 4.99 Å². The summed E-state index contributed by atoms with van der Waals surface area (Å²) in [6.07, 6.45) is 2.28. The van der Waals surface area contributed by atoms with Gasteiger partial charge in [-0.2, -0.15) is 0 Å². The van der Waals surface area contributed by atoms with Crippen LogP contribution in [0.4, 0.5) is 0 Å². The maximum absolute atomic E-state index is 5.16. The van der Waals surface area contributed by atoms with E-state index in [0.29, 0.717) is 0 Å². The van der Waals surface area contributed by atoms with E-state index in [4.69, 9.17) is 4.99 Å². The molecule has 5 aromatic rings. The lowest BCUT2D eigenvalue weighted by Gasteiger charge is -2.33. The van der Waals surface area contributed by atoms with E-state index in [2.05, 4.69) is 168 Å². The maximum Gasteiger partial charge on any atom is 0.137 e. The number of aliphatic imine (C=N–C) groups is 1. The third-order valence-corrected chi connectivity index (χ3v) is 7.76. The topological polar surface area (TPSA) is 15.6 Å². The van der Waals surface area contributed by atoms with Gasteiger partial charge in [0.05, 0.1) is 11.7 Å². The number of amidine groups is 1. The lowest BCUT2D eigenvalue weighted by atomic mass is 9.96. The van der Waals surface area contributed by atoms with Crippen molar-refractivity contribution in [2.45, 2.75) is 6.04 Å². The van der Waals surface area contributed by atoms with E-state index in [1.54, 1.807) is 0 Å². The largest absolute Gasteiger partial charge is 0.349 e. The average molecular weight is 603 g/mol. The molecule has 184 valence electrons. The molecule has 0 N–H and O–H groups in total. The van der Waals surface area contributed by atoms with Crippen LogP contribution in [0.3, 0.4) is 0 Å². The highest BCUT2D eigenvalue weighted by Gasteiger charge is 2.25. The van der Waals surface area contributed by atoms with Crippen LogP contribution >= 0.6 is 22.6 Å². The van der Waals surface area contributed by atoms with E-state index in [9.17, 15) is 0 Å². The van der Waals surface area contributed by atoms with Crippen molar-refractivity contribution in [1.82, 2.24) is 4.90 Å². The van der Waals surface area contributed by atoms with E-state index >= 15 is 0 Å². The molecule has 1 unspecified atom stereocenters. The van der Waals surface area contributed by atoms with Gasteiger partial charge in [0.15, 0.2) is 0 Å². The van der Waals surface area contributed by atoms with Gasteiger partial charge in [-0.05, 0) is 74.2 Å². The summed E-state index contributed by atoms with van der Waals surface area (Å²) in [5.41, 5.74) is 9.34. The molecular formula is C35H27IN2. The molecule has 6 rings (SSSR count).